The average Bonchev–Trinajstić information content (AvgIpc) is 3.39. The maximum Gasteiger partial charge on any atom is 0.291 e. The van der Waals surface area contributed by atoms with Gasteiger partial charge in [-0.1, -0.05) is 0 Å². The van der Waals surface area contributed by atoms with E-state index in [1.807, 2.05) is 4.90 Å². The predicted molar refractivity (Wildman–Crippen MR) is 95.6 cm³/mol. The summed E-state index contributed by atoms with van der Waals surface area (Å²) in [5.41, 5.74) is 0.651. The highest BCUT2D eigenvalue weighted by Gasteiger charge is 2.35. The van der Waals surface area contributed by atoms with Crippen molar-refractivity contribution in [1.82, 2.24) is 20.1 Å². The maximum absolute atomic E-state index is 12.5. The molecule has 1 saturated carbocycles. The van der Waals surface area contributed by atoms with E-state index in [-0.39, 0.29) is 17.7 Å². The molecule has 0 unspecified atom stereocenters. The van der Waals surface area contributed by atoms with Gasteiger partial charge in [-0.15, -0.1) is 0 Å². The van der Waals surface area contributed by atoms with E-state index in [4.69, 9.17) is 4.42 Å². The van der Waals surface area contributed by atoms with Gasteiger partial charge in [0, 0.05) is 31.7 Å². The third-order valence-corrected chi connectivity index (χ3v) is 5.96. The van der Waals surface area contributed by atoms with E-state index < -0.39 is 0 Å². The molecule has 26 heavy (non-hydrogen) atoms. The lowest BCUT2D eigenvalue weighted by Crippen LogP contribution is -2.51. The van der Waals surface area contributed by atoms with Crippen LogP contribution in [0.15, 0.2) is 10.8 Å². The van der Waals surface area contributed by atoms with Crippen LogP contribution in [0.2, 0.25) is 0 Å². The quantitative estimate of drug-likeness (QED) is 0.882. The Balaban J connectivity index is 1.29. The molecule has 2 saturated heterocycles. The number of aryl methyl sites for hydroxylation is 1. The second-order valence-electron chi connectivity index (χ2n) is 7.91. The number of aromatic nitrogens is 1. The van der Waals surface area contributed by atoms with Crippen LogP contribution >= 0.6 is 0 Å². The molecule has 0 radical (unpaired) electrons. The number of hydrogen-bond donors (Lipinski definition) is 1. The Bertz CT molecular complexity index is 661. The SMILES string of the molecule is Cc1ncoc1C(=O)N1CCC(N2CCC[C@H](C(=O)NC3CC3)C2)CC1. The molecule has 4 rings (SSSR count). The van der Waals surface area contributed by atoms with Gasteiger partial charge < -0.3 is 14.6 Å². The Labute approximate surface area is 154 Å². The third kappa shape index (κ3) is 3.77. The first-order chi connectivity index (χ1) is 12.6. The van der Waals surface area contributed by atoms with E-state index in [0.717, 1.165) is 64.7 Å². The molecule has 0 spiro atoms. The van der Waals surface area contributed by atoms with E-state index in [1.165, 1.54) is 6.39 Å². The van der Waals surface area contributed by atoms with Crippen molar-refractivity contribution >= 4 is 11.8 Å². The van der Waals surface area contributed by atoms with Crippen LogP contribution in [0.1, 0.15) is 54.8 Å². The zero-order chi connectivity index (χ0) is 18.1. The van der Waals surface area contributed by atoms with Crippen LogP contribution in [0.25, 0.3) is 0 Å². The van der Waals surface area contributed by atoms with Crippen molar-refractivity contribution in [2.45, 2.75) is 57.5 Å². The molecule has 1 atom stereocenters. The highest BCUT2D eigenvalue weighted by molar-refractivity contribution is 5.92. The summed E-state index contributed by atoms with van der Waals surface area (Å²) in [7, 11) is 0. The minimum atomic E-state index is -0.0567. The van der Waals surface area contributed by atoms with Crippen molar-refractivity contribution in [3.8, 4) is 0 Å². The van der Waals surface area contributed by atoms with Gasteiger partial charge in [0.25, 0.3) is 5.91 Å². The molecule has 3 heterocycles. The molecule has 1 aromatic heterocycles. The van der Waals surface area contributed by atoms with Gasteiger partial charge in [0.05, 0.1) is 11.6 Å². The monoisotopic (exact) mass is 360 g/mol. The number of piperidine rings is 2. The number of likely N-dealkylation sites (tertiary alicyclic amines) is 2. The minimum Gasteiger partial charge on any atom is -0.438 e. The van der Waals surface area contributed by atoms with E-state index in [1.54, 1.807) is 6.92 Å². The Morgan fingerprint density at radius 3 is 2.58 bits per heavy atom. The Kier molecular flexibility index (Phi) is 4.98. The summed E-state index contributed by atoms with van der Waals surface area (Å²) in [5.74, 6) is 0.670. The summed E-state index contributed by atoms with van der Waals surface area (Å²) < 4.78 is 5.24. The molecule has 7 heteroatoms. The van der Waals surface area contributed by atoms with Crippen LogP contribution in [-0.4, -0.2) is 64.9 Å². The summed E-state index contributed by atoms with van der Waals surface area (Å²) in [5, 5.41) is 3.16. The zero-order valence-corrected chi connectivity index (χ0v) is 15.4. The Morgan fingerprint density at radius 1 is 1.15 bits per heavy atom. The van der Waals surface area contributed by atoms with Crippen molar-refractivity contribution in [3.05, 3.63) is 17.8 Å². The Hall–Kier alpha value is -1.89. The number of rotatable bonds is 4. The van der Waals surface area contributed by atoms with Crippen molar-refractivity contribution in [3.63, 3.8) is 0 Å². The van der Waals surface area contributed by atoms with Crippen molar-refractivity contribution < 1.29 is 14.0 Å². The molecule has 1 aliphatic carbocycles. The lowest BCUT2D eigenvalue weighted by molar-refractivity contribution is -0.127. The smallest absolute Gasteiger partial charge is 0.291 e. The van der Waals surface area contributed by atoms with Crippen LogP contribution in [0.5, 0.6) is 0 Å². The predicted octanol–water partition coefficient (Wildman–Crippen LogP) is 1.58. The van der Waals surface area contributed by atoms with Gasteiger partial charge in [-0.25, -0.2) is 4.98 Å². The van der Waals surface area contributed by atoms with E-state index >= 15 is 0 Å². The fourth-order valence-electron chi connectivity index (χ4n) is 4.18. The number of amides is 2. The van der Waals surface area contributed by atoms with Crippen LogP contribution in [0, 0.1) is 12.8 Å². The van der Waals surface area contributed by atoms with Crippen molar-refractivity contribution in [2.24, 2.45) is 5.92 Å². The lowest BCUT2D eigenvalue weighted by Gasteiger charge is -2.41. The molecular formula is C19H28N4O3. The second-order valence-corrected chi connectivity index (χ2v) is 7.91. The van der Waals surface area contributed by atoms with E-state index in [2.05, 4.69) is 15.2 Å². The standard InChI is InChI=1S/C19H28N4O3/c1-13-17(26-12-20-13)19(25)22-9-6-16(7-10-22)23-8-2-3-14(11-23)18(24)21-15-4-5-15/h12,14-16H,2-11H2,1H3,(H,21,24)/t14-/m0/s1. The highest BCUT2D eigenvalue weighted by atomic mass is 16.3. The number of carbonyl (C=O) groups is 2. The molecule has 3 aliphatic rings. The number of nitrogens with zero attached hydrogens (tertiary/aromatic N) is 3. The number of oxazole rings is 1. The summed E-state index contributed by atoms with van der Waals surface area (Å²) in [6.07, 6.45) is 7.59. The summed E-state index contributed by atoms with van der Waals surface area (Å²) >= 11 is 0. The summed E-state index contributed by atoms with van der Waals surface area (Å²) in [6, 6.07) is 0.901. The molecular weight excluding hydrogens is 332 g/mol. The number of carbonyl (C=O) groups excluding carboxylic acids is 2. The van der Waals surface area contributed by atoms with Crippen LogP contribution < -0.4 is 5.32 Å². The molecule has 142 valence electrons. The van der Waals surface area contributed by atoms with Crippen LogP contribution in [0.4, 0.5) is 0 Å². The minimum absolute atomic E-state index is 0.0567. The van der Waals surface area contributed by atoms with Gasteiger partial charge in [-0.2, -0.15) is 0 Å². The number of nitrogens with one attached hydrogen (secondary N) is 1. The molecule has 1 N–H and O–H groups in total. The molecule has 2 aliphatic heterocycles. The molecule has 3 fully saturated rings. The van der Waals surface area contributed by atoms with Gasteiger partial charge in [-0.3, -0.25) is 14.5 Å². The molecule has 1 aromatic rings. The maximum atomic E-state index is 12.5. The van der Waals surface area contributed by atoms with Gasteiger partial charge in [-0.05, 0) is 52.0 Å². The first kappa shape index (κ1) is 17.5. The fourth-order valence-corrected chi connectivity index (χ4v) is 4.18. The van der Waals surface area contributed by atoms with Crippen molar-refractivity contribution in [2.75, 3.05) is 26.2 Å². The van der Waals surface area contributed by atoms with Crippen LogP contribution in [-0.2, 0) is 4.79 Å². The Morgan fingerprint density at radius 2 is 1.92 bits per heavy atom. The number of hydrogen-bond acceptors (Lipinski definition) is 5. The normalized spacial score (nSPS) is 25.3. The summed E-state index contributed by atoms with van der Waals surface area (Å²) in [6.45, 7) is 5.19. The molecule has 0 aromatic carbocycles. The molecule has 0 bridgehead atoms. The van der Waals surface area contributed by atoms with Crippen molar-refractivity contribution in [1.29, 1.82) is 0 Å². The molecule has 2 amide bonds. The largest absolute Gasteiger partial charge is 0.438 e. The van der Waals surface area contributed by atoms with Gasteiger partial charge in [0.1, 0.15) is 0 Å². The topological polar surface area (TPSA) is 78.7 Å². The second kappa shape index (κ2) is 7.39. The van der Waals surface area contributed by atoms with E-state index in [0.29, 0.717) is 23.5 Å². The zero-order valence-electron chi connectivity index (χ0n) is 15.4. The first-order valence-corrected chi connectivity index (χ1v) is 9.85. The highest BCUT2D eigenvalue weighted by Crippen LogP contribution is 2.26. The first-order valence-electron chi connectivity index (χ1n) is 9.85. The summed E-state index contributed by atoms with van der Waals surface area (Å²) in [4.78, 5) is 33.3. The van der Waals surface area contributed by atoms with Gasteiger partial charge in [0.15, 0.2) is 6.39 Å². The fraction of sp³-hybridized carbons (Fsp3) is 0.737. The lowest BCUT2D eigenvalue weighted by atomic mass is 9.93. The van der Waals surface area contributed by atoms with Crippen LogP contribution in [0.3, 0.4) is 0 Å². The molecule has 7 nitrogen and oxygen atoms in total. The van der Waals surface area contributed by atoms with Gasteiger partial charge >= 0.3 is 0 Å². The third-order valence-electron chi connectivity index (χ3n) is 5.96. The average molecular weight is 360 g/mol. The van der Waals surface area contributed by atoms with Gasteiger partial charge in [0.2, 0.25) is 11.7 Å². The van der Waals surface area contributed by atoms with E-state index in [9.17, 15) is 9.59 Å².